The molecule has 4 nitrogen and oxygen atoms in total. The van der Waals surface area contributed by atoms with Gasteiger partial charge in [0, 0.05) is 5.56 Å². The molecule has 1 saturated heterocycles. The third-order valence-electron chi connectivity index (χ3n) is 7.27. The van der Waals surface area contributed by atoms with Gasteiger partial charge in [-0.1, -0.05) is 6.07 Å². The highest BCUT2D eigenvalue weighted by Crippen LogP contribution is 2.69. The summed E-state index contributed by atoms with van der Waals surface area (Å²) in [5.74, 6) is 0.605. The Bertz CT molecular complexity index is 749. The average molecular weight is 398 g/mol. The van der Waals surface area contributed by atoms with Crippen LogP contribution in [0.5, 0.6) is 5.75 Å². The Hall–Kier alpha value is -1.31. The molecule has 5 aliphatic rings. The summed E-state index contributed by atoms with van der Waals surface area (Å²) >= 11 is 0. The van der Waals surface area contributed by atoms with Crippen molar-refractivity contribution in [2.75, 3.05) is 13.7 Å². The molecule has 0 radical (unpaired) electrons. The highest BCUT2D eigenvalue weighted by atomic mass is 19.4. The van der Waals surface area contributed by atoms with Crippen LogP contribution in [-0.4, -0.2) is 25.5 Å². The van der Waals surface area contributed by atoms with E-state index in [-0.39, 0.29) is 11.8 Å². The fourth-order valence-electron chi connectivity index (χ4n) is 6.50. The second-order valence-corrected chi connectivity index (χ2v) is 9.02. The van der Waals surface area contributed by atoms with Crippen LogP contribution >= 0.6 is 0 Å². The van der Waals surface area contributed by atoms with Crippen molar-refractivity contribution in [1.29, 1.82) is 0 Å². The van der Waals surface area contributed by atoms with Crippen LogP contribution < -0.4 is 4.74 Å². The Morgan fingerprint density at radius 3 is 2.14 bits per heavy atom. The predicted molar refractivity (Wildman–Crippen MR) is 93.4 cm³/mol. The minimum Gasteiger partial charge on any atom is -0.497 e. The van der Waals surface area contributed by atoms with Gasteiger partial charge in [0.2, 0.25) is 0 Å². The normalized spacial score (nSPS) is 41.3. The van der Waals surface area contributed by atoms with Gasteiger partial charge in [-0.3, -0.25) is 0 Å². The van der Waals surface area contributed by atoms with Gasteiger partial charge in [0.05, 0.1) is 7.11 Å². The molecule has 1 atom stereocenters. The SMILES string of the molecule is COc1cc(C)cc(C2(OCC(F)(F)F)OOC23C2CC4CC(C2)CC3C4)c1. The van der Waals surface area contributed by atoms with Crippen LogP contribution in [0, 0.1) is 30.6 Å². The van der Waals surface area contributed by atoms with Gasteiger partial charge in [-0.25, -0.2) is 4.89 Å². The monoisotopic (exact) mass is 398 g/mol. The van der Waals surface area contributed by atoms with Crippen LogP contribution in [0.4, 0.5) is 13.2 Å². The summed E-state index contributed by atoms with van der Waals surface area (Å²) in [4.78, 5) is 11.4. The summed E-state index contributed by atoms with van der Waals surface area (Å²) < 4.78 is 50.5. The lowest BCUT2D eigenvalue weighted by Gasteiger charge is -2.68. The third-order valence-corrected chi connectivity index (χ3v) is 7.27. The largest absolute Gasteiger partial charge is 0.497 e. The van der Waals surface area contributed by atoms with Crippen molar-refractivity contribution < 1.29 is 32.4 Å². The third kappa shape index (κ3) is 2.55. The van der Waals surface area contributed by atoms with E-state index in [9.17, 15) is 13.2 Å². The molecule has 4 saturated carbocycles. The van der Waals surface area contributed by atoms with Crippen molar-refractivity contribution in [3.05, 3.63) is 29.3 Å². The minimum atomic E-state index is -4.45. The summed E-state index contributed by atoms with van der Waals surface area (Å²) in [6.07, 6.45) is 0.658. The second kappa shape index (κ2) is 6.09. The first-order valence-electron chi connectivity index (χ1n) is 9.99. The standard InChI is InChI=1S/C21H25F3O4/c1-12-3-17(10-18(4-12)25-2)21(26-11-19(22,23)24)20(27-28-21)15-6-13-5-14(8-15)9-16(20)7-13/h3-4,10,13-16H,5-9,11H2,1-2H3. The lowest BCUT2D eigenvalue weighted by molar-refractivity contribution is -0.650. The first kappa shape index (κ1) is 18.7. The fraction of sp³-hybridized carbons (Fsp3) is 0.714. The molecule has 1 aliphatic heterocycles. The van der Waals surface area contributed by atoms with Gasteiger partial charge in [-0.2, -0.15) is 18.1 Å². The number of halogens is 3. The minimum absolute atomic E-state index is 0.150. The maximum atomic E-state index is 13.2. The Labute approximate surface area is 162 Å². The van der Waals surface area contributed by atoms with Gasteiger partial charge in [0.1, 0.15) is 12.4 Å². The molecule has 7 heteroatoms. The molecule has 0 amide bonds. The molecule has 1 aromatic rings. The summed E-state index contributed by atoms with van der Waals surface area (Å²) in [5.41, 5.74) is 0.566. The highest BCUT2D eigenvalue weighted by molar-refractivity contribution is 5.39. The van der Waals surface area contributed by atoms with E-state index < -0.39 is 24.2 Å². The summed E-state index contributed by atoms with van der Waals surface area (Å²) in [5, 5.41) is 0. The van der Waals surface area contributed by atoms with Gasteiger partial charge in [-0.15, -0.1) is 0 Å². The van der Waals surface area contributed by atoms with Gasteiger partial charge in [0.15, 0.2) is 5.60 Å². The second-order valence-electron chi connectivity index (χ2n) is 9.02. The number of rotatable bonds is 4. The maximum absolute atomic E-state index is 13.2. The first-order chi connectivity index (χ1) is 13.3. The number of alkyl halides is 3. The summed E-state index contributed by atoms with van der Waals surface area (Å²) in [7, 11) is 1.54. The van der Waals surface area contributed by atoms with E-state index in [1.807, 2.05) is 19.1 Å². The van der Waals surface area contributed by atoms with Crippen molar-refractivity contribution in [3.63, 3.8) is 0 Å². The maximum Gasteiger partial charge on any atom is 0.411 e. The molecular weight excluding hydrogens is 373 g/mol. The zero-order valence-corrected chi connectivity index (χ0v) is 16.1. The molecule has 5 fully saturated rings. The molecule has 0 N–H and O–H groups in total. The topological polar surface area (TPSA) is 36.9 Å². The Morgan fingerprint density at radius 2 is 1.64 bits per heavy atom. The smallest absolute Gasteiger partial charge is 0.411 e. The number of methoxy groups -OCH3 is 1. The van der Waals surface area contributed by atoms with Gasteiger partial charge in [-0.05, 0) is 80.4 Å². The van der Waals surface area contributed by atoms with E-state index in [4.69, 9.17) is 19.2 Å². The van der Waals surface area contributed by atoms with E-state index in [2.05, 4.69) is 0 Å². The average Bonchev–Trinajstić information content (AvgIpc) is 2.59. The highest BCUT2D eigenvalue weighted by Gasteiger charge is 2.77. The van der Waals surface area contributed by atoms with Crippen LogP contribution in [-0.2, 0) is 20.3 Å². The predicted octanol–water partition coefficient (Wildman–Crippen LogP) is 4.89. The molecule has 1 unspecified atom stereocenters. The molecule has 28 heavy (non-hydrogen) atoms. The molecule has 1 aromatic carbocycles. The quantitative estimate of drug-likeness (QED) is 0.677. The zero-order chi connectivity index (χ0) is 19.7. The van der Waals surface area contributed by atoms with Gasteiger partial charge < -0.3 is 9.47 Å². The lowest BCUT2D eigenvalue weighted by Crippen LogP contribution is -2.77. The van der Waals surface area contributed by atoms with E-state index in [0.29, 0.717) is 23.1 Å². The molecule has 6 rings (SSSR count). The Balaban J connectivity index is 1.61. The van der Waals surface area contributed by atoms with Crippen molar-refractivity contribution >= 4 is 0 Å². The van der Waals surface area contributed by atoms with E-state index in [1.54, 1.807) is 13.2 Å². The molecule has 4 bridgehead atoms. The van der Waals surface area contributed by atoms with Crippen molar-refractivity contribution in [1.82, 2.24) is 0 Å². The van der Waals surface area contributed by atoms with E-state index in [1.165, 1.54) is 6.42 Å². The number of hydrogen-bond donors (Lipinski definition) is 0. The fourth-order valence-corrected chi connectivity index (χ4v) is 6.50. The molecule has 1 spiro atoms. The number of ether oxygens (including phenoxy) is 2. The van der Waals surface area contributed by atoms with Crippen molar-refractivity contribution in [2.24, 2.45) is 23.7 Å². The number of aryl methyl sites for hydroxylation is 1. The van der Waals surface area contributed by atoms with Crippen LogP contribution in [0.25, 0.3) is 0 Å². The molecule has 0 aromatic heterocycles. The zero-order valence-electron chi connectivity index (χ0n) is 16.1. The number of hydrogen-bond acceptors (Lipinski definition) is 4. The van der Waals surface area contributed by atoms with Crippen LogP contribution in [0.1, 0.15) is 43.2 Å². The molecule has 154 valence electrons. The van der Waals surface area contributed by atoms with E-state index >= 15 is 0 Å². The van der Waals surface area contributed by atoms with Crippen LogP contribution in [0.15, 0.2) is 18.2 Å². The number of benzene rings is 1. The van der Waals surface area contributed by atoms with E-state index in [0.717, 1.165) is 31.2 Å². The van der Waals surface area contributed by atoms with Gasteiger partial charge >= 0.3 is 6.18 Å². The molecule has 1 heterocycles. The molecular formula is C21H25F3O4. The molecule has 4 aliphatic carbocycles. The van der Waals surface area contributed by atoms with Crippen LogP contribution in [0.3, 0.4) is 0 Å². The van der Waals surface area contributed by atoms with Crippen LogP contribution in [0.2, 0.25) is 0 Å². The Kier molecular flexibility index (Phi) is 4.07. The first-order valence-corrected chi connectivity index (χ1v) is 9.99. The summed E-state index contributed by atoms with van der Waals surface area (Å²) in [6, 6.07) is 5.39. The summed E-state index contributed by atoms with van der Waals surface area (Å²) in [6.45, 7) is 0.507. The Morgan fingerprint density at radius 1 is 1.00 bits per heavy atom. The van der Waals surface area contributed by atoms with Gasteiger partial charge in [0.25, 0.3) is 5.79 Å². The lowest BCUT2D eigenvalue weighted by atomic mass is 9.47. The van der Waals surface area contributed by atoms with Crippen molar-refractivity contribution in [2.45, 2.75) is 56.6 Å². The van der Waals surface area contributed by atoms with Crippen molar-refractivity contribution in [3.8, 4) is 5.75 Å².